The summed E-state index contributed by atoms with van der Waals surface area (Å²) < 4.78 is 0. The molecule has 2 heterocycles. The summed E-state index contributed by atoms with van der Waals surface area (Å²) in [6.07, 6.45) is 5.44. The fourth-order valence-corrected chi connectivity index (χ4v) is 1.85. The number of hydrogen-bond donors (Lipinski definition) is 0. The molecule has 0 amide bonds. The molecule has 0 aliphatic rings. The summed E-state index contributed by atoms with van der Waals surface area (Å²) in [5, 5.41) is 0. The Morgan fingerprint density at radius 1 is 0.684 bits per heavy atom. The molecule has 0 aliphatic heterocycles. The molecule has 0 aliphatic carbocycles. The molecule has 0 N–H and O–H groups in total. The first-order chi connectivity index (χ1) is 9.33. The highest BCUT2D eigenvalue weighted by Gasteiger charge is 2.03. The summed E-state index contributed by atoms with van der Waals surface area (Å²) in [6, 6.07) is 14.1. The van der Waals surface area contributed by atoms with E-state index in [1.54, 1.807) is 0 Å². The Kier molecular flexibility index (Phi) is 3.02. The molecule has 3 aromatic rings. The van der Waals surface area contributed by atoms with Gasteiger partial charge in [0.1, 0.15) is 0 Å². The summed E-state index contributed by atoms with van der Waals surface area (Å²) in [5.41, 5.74) is 4.05. The molecule has 0 bridgehead atoms. The van der Waals surface area contributed by atoms with Crippen molar-refractivity contribution in [1.29, 1.82) is 0 Å². The molecule has 3 nitrogen and oxygen atoms in total. The van der Waals surface area contributed by atoms with Crippen LogP contribution in [0.2, 0.25) is 0 Å². The van der Waals surface area contributed by atoms with Crippen molar-refractivity contribution in [3.05, 3.63) is 66.6 Å². The van der Waals surface area contributed by atoms with Crippen LogP contribution >= 0.6 is 0 Å². The minimum Gasteiger partial charge on any atom is -0.255 e. The lowest BCUT2D eigenvalue weighted by molar-refractivity contribution is 1.13. The summed E-state index contributed by atoms with van der Waals surface area (Å²) in [7, 11) is 0. The van der Waals surface area contributed by atoms with Gasteiger partial charge in [0, 0.05) is 29.7 Å². The Morgan fingerprint density at radius 3 is 2.05 bits per heavy atom. The Hall–Kier alpha value is -2.55. The standard InChI is InChI=1S/C16H13N3/c1-12-9-18-16(19-10-12)14-7-8-15(17-11-14)13-5-3-2-4-6-13/h2-11H,1H3. The molecule has 0 unspecified atom stereocenters. The zero-order chi connectivity index (χ0) is 13.1. The van der Waals surface area contributed by atoms with Crippen molar-refractivity contribution in [3.63, 3.8) is 0 Å². The third-order valence-corrected chi connectivity index (χ3v) is 2.87. The quantitative estimate of drug-likeness (QED) is 0.695. The van der Waals surface area contributed by atoms with Crippen LogP contribution in [0.15, 0.2) is 61.1 Å². The van der Waals surface area contributed by atoms with E-state index in [1.807, 2.05) is 68.0 Å². The maximum atomic E-state index is 4.47. The normalized spacial score (nSPS) is 10.4. The number of rotatable bonds is 2. The fraction of sp³-hybridized carbons (Fsp3) is 0.0625. The monoisotopic (exact) mass is 247 g/mol. The maximum absolute atomic E-state index is 4.47. The van der Waals surface area contributed by atoms with E-state index in [1.165, 1.54) is 0 Å². The summed E-state index contributed by atoms with van der Waals surface area (Å²) >= 11 is 0. The number of nitrogens with zero attached hydrogens (tertiary/aromatic N) is 3. The van der Waals surface area contributed by atoms with E-state index in [0.29, 0.717) is 5.82 Å². The van der Waals surface area contributed by atoms with E-state index in [2.05, 4.69) is 15.0 Å². The van der Waals surface area contributed by atoms with Crippen LogP contribution in [0.4, 0.5) is 0 Å². The van der Waals surface area contributed by atoms with Crippen molar-refractivity contribution in [3.8, 4) is 22.6 Å². The summed E-state index contributed by atoms with van der Waals surface area (Å²) in [4.78, 5) is 13.1. The number of aromatic nitrogens is 3. The molecule has 92 valence electrons. The first-order valence-electron chi connectivity index (χ1n) is 6.13. The van der Waals surface area contributed by atoms with Crippen LogP contribution in [0, 0.1) is 6.92 Å². The number of aryl methyl sites for hydroxylation is 1. The zero-order valence-corrected chi connectivity index (χ0v) is 10.6. The van der Waals surface area contributed by atoms with Gasteiger partial charge in [-0.2, -0.15) is 0 Å². The molecule has 0 saturated carbocycles. The van der Waals surface area contributed by atoms with E-state index in [-0.39, 0.29) is 0 Å². The Balaban J connectivity index is 1.93. The summed E-state index contributed by atoms with van der Waals surface area (Å²) in [5.74, 6) is 0.706. The van der Waals surface area contributed by atoms with Crippen LogP contribution in [0.5, 0.6) is 0 Å². The predicted octanol–water partition coefficient (Wildman–Crippen LogP) is 3.51. The van der Waals surface area contributed by atoms with Crippen molar-refractivity contribution in [1.82, 2.24) is 15.0 Å². The van der Waals surface area contributed by atoms with Crippen molar-refractivity contribution < 1.29 is 0 Å². The highest BCUT2D eigenvalue weighted by molar-refractivity contribution is 5.62. The van der Waals surface area contributed by atoms with Gasteiger partial charge in [-0.15, -0.1) is 0 Å². The largest absolute Gasteiger partial charge is 0.255 e. The average molecular weight is 247 g/mol. The van der Waals surface area contributed by atoms with E-state index < -0.39 is 0 Å². The molecule has 3 rings (SSSR count). The molecule has 2 aromatic heterocycles. The van der Waals surface area contributed by atoms with Gasteiger partial charge in [0.2, 0.25) is 0 Å². The lowest BCUT2D eigenvalue weighted by atomic mass is 10.1. The third kappa shape index (κ3) is 2.50. The van der Waals surface area contributed by atoms with Gasteiger partial charge in [-0.3, -0.25) is 4.98 Å². The fourth-order valence-electron chi connectivity index (χ4n) is 1.85. The number of benzene rings is 1. The van der Waals surface area contributed by atoms with Gasteiger partial charge in [0.05, 0.1) is 5.69 Å². The van der Waals surface area contributed by atoms with Gasteiger partial charge in [0.25, 0.3) is 0 Å². The molecule has 0 saturated heterocycles. The van der Waals surface area contributed by atoms with E-state index in [4.69, 9.17) is 0 Å². The molecule has 0 fully saturated rings. The second-order valence-corrected chi connectivity index (χ2v) is 4.38. The van der Waals surface area contributed by atoms with Crippen LogP contribution in [0.1, 0.15) is 5.56 Å². The second kappa shape index (κ2) is 4.98. The van der Waals surface area contributed by atoms with Crippen molar-refractivity contribution in [2.24, 2.45) is 0 Å². The van der Waals surface area contributed by atoms with Crippen LogP contribution in [-0.4, -0.2) is 15.0 Å². The molecular weight excluding hydrogens is 234 g/mol. The second-order valence-electron chi connectivity index (χ2n) is 4.38. The lowest BCUT2D eigenvalue weighted by Crippen LogP contribution is -1.90. The van der Waals surface area contributed by atoms with Crippen LogP contribution in [0.3, 0.4) is 0 Å². The third-order valence-electron chi connectivity index (χ3n) is 2.87. The minimum atomic E-state index is 0.706. The Labute approximate surface area is 112 Å². The SMILES string of the molecule is Cc1cnc(-c2ccc(-c3ccccc3)nc2)nc1. The van der Waals surface area contributed by atoms with Gasteiger partial charge in [0.15, 0.2) is 5.82 Å². The molecule has 3 heteroatoms. The minimum absolute atomic E-state index is 0.706. The first-order valence-corrected chi connectivity index (χ1v) is 6.13. The van der Waals surface area contributed by atoms with Crippen LogP contribution in [0.25, 0.3) is 22.6 Å². The number of pyridine rings is 1. The van der Waals surface area contributed by atoms with Gasteiger partial charge >= 0.3 is 0 Å². The first kappa shape index (κ1) is 11.5. The van der Waals surface area contributed by atoms with E-state index in [0.717, 1.165) is 22.4 Å². The average Bonchev–Trinajstić information content (AvgIpc) is 2.49. The highest BCUT2D eigenvalue weighted by atomic mass is 14.9. The highest BCUT2D eigenvalue weighted by Crippen LogP contribution is 2.19. The van der Waals surface area contributed by atoms with Crippen molar-refractivity contribution in [2.75, 3.05) is 0 Å². The van der Waals surface area contributed by atoms with E-state index >= 15 is 0 Å². The van der Waals surface area contributed by atoms with Gasteiger partial charge in [-0.05, 0) is 24.6 Å². The zero-order valence-electron chi connectivity index (χ0n) is 10.6. The molecule has 0 radical (unpaired) electrons. The molecule has 0 spiro atoms. The maximum Gasteiger partial charge on any atom is 0.160 e. The van der Waals surface area contributed by atoms with E-state index in [9.17, 15) is 0 Å². The van der Waals surface area contributed by atoms with Crippen LogP contribution < -0.4 is 0 Å². The molecule has 19 heavy (non-hydrogen) atoms. The number of hydrogen-bond acceptors (Lipinski definition) is 3. The summed E-state index contributed by atoms with van der Waals surface area (Å²) in [6.45, 7) is 1.97. The lowest BCUT2D eigenvalue weighted by Gasteiger charge is -2.03. The Morgan fingerprint density at radius 2 is 1.42 bits per heavy atom. The van der Waals surface area contributed by atoms with Gasteiger partial charge in [-0.25, -0.2) is 9.97 Å². The van der Waals surface area contributed by atoms with Gasteiger partial charge in [-0.1, -0.05) is 30.3 Å². The Bertz CT molecular complexity index is 659. The van der Waals surface area contributed by atoms with Crippen molar-refractivity contribution >= 4 is 0 Å². The topological polar surface area (TPSA) is 38.7 Å². The predicted molar refractivity (Wildman–Crippen MR) is 75.4 cm³/mol. The van der Waals surface area contributed by atoms with Crippen molar-refractivity contribution in [2.45, 2.75) is 6.92 Å². The molecular formula is C16H13N3. The molecule has 0 atom stereocenters. The van der Waals surface area contributed by atoms with Gasteiger partial charge < -0.3 is 0 Å². The smallest absolute Gasteiger partial charge is 0.160 e. The van der Waals surface area contributed by atoms with Crippen LogP contribution in [-0.2, 0) is 0 Å². The molecule has 1 aromatic carbocycles.